The SMILES string of the molecule is CCOc1ccc(N2C(=O)S/C(=C\c3cn(-c4ccccc4)nc3-c3ccc(Cl)cc3)C2=S)cc1. The van der Waals surface area contributed by atoms with Crippen molar-refractivity contribution >= 4 is 57.6 Å². The van der Waals surface area contributed by atoms with E-state index in [1.807, 2.05) is 103 Å². The molecule has 1 aliphatic heterocycles. The third kappa shape index (κ3) is 4.89. The van der Waals surface area contributed by atoms with Crippen LogP contribution in [-0.2, 0) is 0 Å². The van der Waals surface area contributed by atoms with E-state index in [0.717, 1.165) is 40.0 Å². The molecule has 8 heteroatoms. The van der Waals surface area contributed by atoms with E-state index in [4.69, 9.17) is 33.7 Å². The maximum Gasteiger partial charge on any atom is 0.296 e. The van der Waals surface area contributed by atoms with Crippen LogP contribution in [-0.4, -0.2) is 26.6 Å². The first kappa shape index (κ1) is 23.4. The fourth-order valence-corrected chi connectivity index (χ4v) is 5.12. The molecule has 174 valence electrons. The standard InChI is InChI=1S/C27H20ClN3O2S2/c1-2-33-23-14-12-22(13-15-23)31-26(34)24(35-27(31)32)16-19-17-30(21-6-4-3-5-7-21)29-25(19)18-8-10-20(28)11-9-18/h3-17H,2H2,1H3/b24-16-. The maximum absolute atomic E-state index is 12.9. The highest BCUT2D eigenvalue weighted by Gasteiger charge is 2.33. The van der Waals surface area contributed by atoms with E-state index >= 15 is 0 Å². The van der Waals surface area contributed by atoms with Crippen LogP contribution in [0.5, 0.6) is 5.75 Å². The van der Waals surface area contributed by atoms with Gasteiger partial charge in [0.15, 0.2) is 0 Å². The van der Waals surface area contributed by atoms with Crippen molar-refractivity contribution < 1.29 is 9.53 Å². The molecule has 1 aromatic heterocycles. The lowest BCUT2D eigenvalue weighted by Gasteiger charge is -2.15. The number of halogens is 1. The van der Waals surface area contributed by atoms with Gasteiger partial charge in [-0.2, -0.15) is 5.10 Å². The quantitative estimate of drug-likeness (QED) is 0.194. The fourth-order valence-electron chi connectivity index (χ4n) is 3.73. The van der Waals surface area contributed by atoms with Crippen LogP contribution in [0, 0.1) is 0 Å². The van der Waals surface area contributed by atoms with E-state index in [9.17, 15) is 4.79 Å². The number of anilines is 1. The number of carbonyl (C=O) groups excluding carboxylic acids is 1. The summed E-state index contributed by atoms with van der Waals surface area (Å²) in [4.78, 5) is 15.6. The number of para-hydroxylation sites is 1. The highest BCUT2D eigenvalue weighted by Crippen LogP contribution is 2.38. The number of amides is 1. The number of thiocarbonyl (C=S) groups is 1. The van der Waals surface area contributed by atoms with E-state index < -0.39 is 0 Å². The van der Waals surface area contributed by atoms with E-state index in [1.54, 1.807) is 4.90 Å². The predicted octanol–water partition coefficient (Wildman–Crippen LogP) is 7.63. The van der Waals surface area contributed by atoms with Crippen molar-refractivity contribution in [3.05, 3.63) is 101 Å². The minimum Gasteiger partial charge on any atom is -0.494 e. The number of rotatable bonds is 6. The molecule has 1 fully saturated rings. The first-order valence-corrected chi connectivity index (χ1v) is 12.6. The Morgan fingerprint density at radius 1 is 1.00 bits per heavy atom. The van der Waals surface area contributed by atoms with E-state index in [1.165, 1.54) is 0 Å². The normalized spacial score (nSPS) is 14.7. The minimum absolute atomic E-state index is 0.145. The average molecular weight is 518 g/mol. The number of thioether (sulfide) groups is 1. The van der Waals surface area contributed by atoms with Crippen LogP contribution in [0.4, 0.5) is 10.5 Å². The van der Waals surface area contributed by atoms with Crippen molar-refractivity contribution in [3.63, 3.8) is 0 Å². The minimum atomic E-state index is -0.145. The average Bonchev–Trinajstić information content (AvgIpc) is 3.41. The zero-order chi connectivity index (χ0) is 24.4. The lowest BCUT2D eigenvalue weighted by molar-refractivity contribution is 0.268. The van der Waals surface area contributed by atoms with Crippen LogP contribution in [0.15, 0.2) is 90.0 Å². The second-order valence-electron chi connectivity index (χ2n) is 7.66. The Kier molecular flexibility index (Phi) is 6.72. The Morgan fingerprint density at radius 2 is 1.71 bits per heavy atom. The van der Waals surface area contributed by atoms with Gasteiger partial charge in [0, 0.05) is 22.3 Å². The van der Waals surface area contributed by atoms with Gasteiger partial charge >= 0.3 is 0 Å². The molecule has 0 atom stereocenters. The number of aromatic nitrogens is 2. The molecule has 0 saturated carbocycles. The van der Waals surface area contributed by atoms with Crippen LogP contribution in [0.2, 0.25) is 5.02 Å². The Bertz CT molecular complexity index is 1420. The Labute approximate surface area is 218 Å². The van der Waals surface area contributed by atoms with Gasteiger partial charge in [-0.05, 0) is 73.3 Å². The summed E-state index contributed by atoms with van der Waals surface area (Å²) in [5, 5.41) is 5.34. The molecule has 0 aliphatic carbocycles. The summed E-state index contributed by atoms with van der Waals surface area (Å²) in [6.07, 6.45) is 3.87. The summed E-state index contributed by atoms with van der Waals surface area (Å²) in [5.41, 5.74) is 4.17. The summed E-state index contributed by atoms with van der Waals surface area (Å²) >= 11 is 12.9. The second kappa shape index (κ2) is 10.1. The number of ether oxygens (including phenoxy) is 1. The summed E-state index contributed by atoms with van der Waals surface area (Å²) in [7, 11) is 0. The zero-order valence-electron chi connectivity index (χ0n) is 18.7. The molecule has 0 N–H and O–H groups in total. The molecule has 35 heavy (non-hydrogen) atoms. The Balaban J connectivity index is 1.52. The first-order chi connectivity index (χ1) is 17.0. The fraction of sp³-hybridized carbons (Fsp3) is 0.0741. The number of nitrogens with zero attached hydrogens (tertiary/aromatic N) is 3. The molecule has 1 amide bonds. The number of carbonyl (C=O) groups is 1. The second-order valence-corrected chi connectivity index (χ2v) is 9.48. The Morgan fingerprint density at radius 3 is 2.40 bits per heavy atom. The van der Waals surface area contributed by atoms with Crippen LogP contribution >= 0.6 is 35.6 Å². The molecule has 5 rings (SSSR count). The third-order valence-electron chi connectivity index (χ3n) is 5.37. The molecule has 2 heterocycles. The van der Waals surface area contributed by atoms with Gasteiger partial charge in [-0.3, -0.25) is 9.69 Å². The molecule has 0 unspecified atom stereocenters. The van der Waals surface area contributed by atoms with Crippen LogP contribution in [0.25, 0.3) is 23.0 Å². The van der Waals surface area contributed by atoms with Crippen LogP contribution in [0.1, 0.15) is 12.5 Å². The number of hydrogen-bond acceptors (Lipinski definition) is 5. The molecule has 1 saturated heterocycles. The lowest BCUT2D eigenvalue weighted by Crippen LogP contribution is -2.26. The van der Waals surface area contributed by atoms with Gasteiger partial charge in [0.2, 0.25) is 0 Å². The van der Waals surface area contributed by atoms with Gasteiger partial charge in [0.25, 0.3) is 5.24 Å². The summed E-state index contributed by atoms with van der Waals surface area (Å²) in [6, 6.07) is 24.7. The van der Waals surface area contributed by atoms with Gasteiger partial charge in [-0.1, -0.05) is 54.2 Å². The highest BCUT2D eigenvalue weighted by molar-refractivity contribution is 8.20. The third-order valence-corrected chi connectivity index (χ3v) is 7.04. The van der Waals surface area contributed by atoms with Gasteiger partial charge in [-0.15, -0.1) is 0 Å². The largest absolute Gasteiger partial charge is 0.494 e. The molecular weight excluding hydrogens is 498 g/mol. The zero-order valence-corrected chi connectivity index (χ0v) is 21.1. The topological polar surface area (TPSA) is 47.4 Å². The molecule has 0 bridgehead atoms. The van der Waals surface area contributed by atoms with Crippen molar-refractivity contribution in [2.24, 2.45) is 0 Å². The molecule has 5 nitrogen and oxygen atoms in total. The summed E-state index contributed by atoms with van der Waals surface area (Å²) in [6.45, 7) is 2.51. The molecular formula is C27H20ClN3O2S2. The van der Waals surface area contributed by atoms with E-state index in [0.29, 0.717) is 27.2 Å². The molecule has 4 aromatic rings. The van der Waals surface area contributed by atoms with Crippen molar-refractivity contribution in [2.45, 2.75) is 6.92 Å². The van der Waals surface area contributed by atoms with Crippen LogP contribution < -0.4 is 9.64 Å². The van der Waals surface area contributed by atoms with Crippen molar-refractivity contribution in [3.8, 4) is 22.7 Å². The van der Waals surface area contributed by atoms with Crippen molar-refractivity contribution in [2.75, 3.05) is 11.5 Å². The summed E-state index contributed by atoms with van der Waals surface area (Å²) in [5.74, 6) is 0.748. The van der Waals surface area contributed by atoms with E-state index in [2.05, 4.69) is 0 Å². The highest BCUT2D eigenvalue weighted by atomic mass is 35.5. The molecule has 0 spiro atoms. The molecule has 1 aliphatic rings. The van der Waals surface area contributed by atoms with Gasteiger partial charge in [-0.25, -0.2) is 4.68 Å². The van der Waals surface area contributed by atoms with Gasteiger partial charge < -0.3 is 4.74 Å². The van der Waals surface area contributed by atoms with Gasteiger partial charge in [0.05, 0.1) is 28.6 Å². The van der Waals surface area contributed by atoms with Crippen molar-refractivity contribution in [1.29, 1.82) is 0 Å². The van der Waals surface area contributed by atoms with Crippen LogP contribution in [0.3, 0.4) is 0 Å². The van der Waals surface area contributed by atoms with Crippen molar-refractivity contribution in [1.82, 2.24) is 9.78 Å². The van der Waals surface area contributed by atoms with Gasteiger partial charge in [0.1, 0.15) is 10.7 Å². The molecule has 0 radical (unpaired) electrons. The summed E-state index contributed by atoms with van der Waals surface area (Å²) < 4.78 is 7.33. The van der Waals surface area contributed by atoms with E-state index in [-0.39, 0.29) is 5.24 Å². The maximum atomic E-state index is 12.9. The monoisotopic (exact) mass is 517 g/mol. The lowest BCUT2D eigenvalue weighted by atomic mass is 10.1. The molecule has 3 aromatic carbocycles. The first-order valence-electron chi connectivity index (χ1n) is 11.0. The number of benzene rings is 3. The predicted molar refractivity (Wildman–Crippen MR) is 148 cm³/mol. The number of hydrogen-bond donors (Lipinski definition) is 0. The smallest absolute Gasteiger partial charge is 0.296 e. The Hall–Kier alpha value is -3.39.